The predicted molar refractivity (Wildman–Crippen MR) is 86.7 cm³/mol. The van der Waals surface area contributed by atoms with Crippen LogP contribution in [0.3, 0.4) is 0 Å². The first-order chi connectivity index (χ1) is 10.0. The summed E-state index contributed by atoms with van der Waals surface area (Å²) in [6.45, 7) is 12.8. The molecule has 0 aromatic carbocycles. The number of hydrogen-bond donors (Lipinski definition) is 2. The number of aliphatic hydroxyl groups excluding tert-OH is 2. The summed E-state index contributed by atoms with van der Waals surface area (Å²) >= 11 is 0. The van der Waals surface area contributed by atoms with Gasteiger partial charge in [0.05, 0.1) is 10.6 Å². The number of aliphatic hydroxyl groups is 2. The summed E-state index contributed by atoms with van der Waals surface area (Å²) in [6, 6.07) is 0. The molecule has 22 heavy (non-hydrogen) atoms. The number of hydrogen-bond acceptors (Lipinski definition) is 6. The highest BCUT2D eigenvalue weighted by atomic mass is 28.3. The lowest BCUT2D eigenvalue weighted by molar-refractivity contribution is 0.0425. The van der Waals surface area contributed by atoms with E-state index in [2.05, 4.69) is 59.9 Å². The molecule has 120 valence electrons. The molecule has 2 atom stereocenters. The summed E-state index contributed by atoms with van der Waals surface area (Å²) in [7, 11) is -3.60. The Kier molecular flexibility index (Phi) is 3.22. The van der Waals surface area contributed by atoms with Crippen molar-refractivity contribution in [1.82, 2.24) is 30.0 Å². The standard InChI is InChI=1S/C12H22N6O2Si2/c1-21(2,3)9-7-11(19)18-8(12(20)17(7)15-13-9)10(14-16-18)22(4,5)6/h11-12,19-20H,1-6H3. The molecular formula is C12H22N6O2Si2. The summed E-state index contributed by atoms with van der Waals surface area (Å²) < 4.78 is 2.83. The zero-order valence-corrected chi connectivity index (χ0v) is 15.7. The third-order valence-electron chi connectivity index (χ3n) is 3.83. The van der Waals surface area contributed by atoms with E-state index in [1.165, 1.54) is 9.36 Å². The zero-order chi connectivity index (χ0) is 16.4. The van der Waals surface area contributed by atoms with Crippen molar-refractivity contribution < 1.29 is 10.2 Å². The smallest absolute Gasteiger partial charge is 0.193 e. The van der Waals surface area contributed by atoms with E-state index in [0.29, 0.717) is 11.4 Å². The Bertz CT molecular complexity index is 665. The van der Waals surface area contributed by atoms with Crippen molar-refractivity contribution in [2.75, 3.05) is 0 Å². The minimum Gasteiger partial charge on any atom is -0.366 e. The number of aromatic nitrogens is 6. The van der Waals surface area contributed by atoms with Crippen molar-refractivity contribution in [1.29, 1.82) is 0 Å². The highest BCUT2D eigenvalue weighted by Crippen LogP contribution is 2.28. The first-order valence-electron chi connectivity index (χ1n) is 7.30. The van der Waals surface area contributed by atoms with Crippen LogP contribution in [-0.4, -0.2) is 56.3 Å². The third kappa shape index (κ3) is 2.09. The van der Waals surface area contributed by atoms with E-state index < -0.39 is 28.6 Å². The maximum atomic E-state index is 10.7. The SMILES string of the molecule is C[Si](C)(C)c1nnn2c1C(O)n1nnc([Si](C)(C)C)c1C2O. The van der Waals surface area contributed by atoms with Gasteiger partial charge in [-0.25, -0.2) is 9.36 Å². The number of fused-ring (bicyclic) bond motifs is 2. The minimum absolute atomic E-state index is 0.534. The van der Waals surface area contributed by atoms with Gasteiger partial charge in [-0.2, -0.15) is 0 Å². The Hall–Kier alpha value is -1.37. The van der Waals surface area contributed by atoms with Crippen LogP contribution < -0.4 is 10.6 Å². The fraction of sp³-hybridized carbons (Fsp3) is 0.667. The lowest BCUT2D eigenvalue weighted by atomic mass is 10.3. The van der Waals surface area contributed by atoms with Crippen molar-refractivity contribution in [2.45, 2.75) is 51.7 Å². The van der Waals surface area contributed by atoms with Crippen LogP contribution in [0.25, 0.3) is 0 Å². The van der Waals surface area contributed by atoms with E-state index in [0.717, 1.165) is 10.6 Å². The normalized spacial score (nSPS) is 21.6. The van der Waals surface area contributed by atoms with Crippen LogP contribution in [0.5, 0.6) is 0 Å². The second-order valence-corrected chi connectivity index (χ2v) is 17.7. The van der Waals surface area contributed by atoms with Gasteiger partial charge in [0.2, 0.25) is 0 Å². The average molecular weight is 339 g/mol. The van der Waals surface area contributed by atoms with E-state index in [9.17, 15) is 10.2 Å². The molecular weight excluding hydrogens is 316 g/mol. The Balaban J connectivity index is 2.21. The largest absolute Gasteiger partial charge is 0.366 e. The van der Waals surface area contributed by atoms with Gasteiger partial charge < -0.3 is 10.2 Å². The first-order valence-corrected chi connectivity index (χ1v) is 14.3. The molecule has 3 heterocycles. The molecule has 0 aliphatic carbocycles. The van der Waals surface area contributed by atoms with Gasteiger partial charge in [0, 0.05) is 0 Å². The van der Waals surface area contributed by atoms with Gasteiger partial charge in [-0.05, 0) is 0 Å². The van der Waals surface area contributed by atoms with Crippen LogP contribution in [0, 0.1) is 0 Å². The molecule has 3 rings (SSSR count). The highest BCUT2D eigenvalue weighted by molar-refractivity contribution is 6.88. The van der Waals surface area contributed by atoms with E-state index in [4.69, 9.17) is 0 Å². The lowest BCUT2D eigenvalue weighted by Crippen LogP contribution is -2.47. The van der Waals surface area contributed by atoms with Crippen molar-refractivity contribution in [3.8, 4) is 0 Å². The monoisotopic (exact) mass is 338 g/mol. The summed E-state index contributed by atoms with van der Waals surface area (Å²) in [5.41, 5.74) is 1.07. The highest BCUT2D eigenvalue weighted by Gasteiger charge is 2.42. The number of nitrogens with zero attached hydrogens (tertiary/aromatic N) is 6. The van der Waals surface area contributed by atoms with Gasteiger partial charge in [0.25, 0.3) is 0 Å². The molecule has 0 saturated heterocycles. The molecule has 0 amide bonds. The van der Waals surface area contributed by atoms with Gasteiger partial charge in [0.15, 0.2) is 12.5 Å². The maximum absolute atomic E-state index is 10.7. The molecule has 2 aromatic heterocycles. The molecule has 2 N–H and O–H groups in total. The Morgan fingerprint density at radius 3 is 1.32 bits per heavy atom. The van der Waals surface area contributed by atoms with Crippen LogP contribution in [0.4, 0.5) is 0 Å². The molecule has 8 nitrogen and oxygen atoms in total. The molecule has 0 fully saturated rings. The van der Waals surface area contributed by atoms with Crippen molar-refractivity contribution in [3.63, 3.8) is 0 Å². The van der Waals surface area contributed by atoms with Crippen LogP contribution in [0.2, 0.25) is 39.3 Å². The van der Waals surface area contributed by atoms with Gasteiger partial charge in [0.1, 0.15) is 27.5 Å². The first kappa shape index (κ1) is 15.5. The summed E-state index contributed by atoms with van der Waals surface area (Å²) in [4.78, 5) is 0. The topological polar surface area (TPSA) is 102 Å². The lowest BCUT2D eigenvalue weighted by Gasteiger charge is -2.28. The maximum Gasteiger partial charge on any atom is 0.193 e. The molecule has 0 bridgehead atoms. The van der Waals surface area contributed by atoms with E-state index in [1.54, 1.807) is 0 Å². The van der Waals surface area contributed by atoms with Crippen molar-refractivity contribution in [2.24, 2.45) is 0 Å². The summed E-state index contributed by atoms with van der Waals surface area (Å²) in [5.74, 6) is 0. The second kappa shape index (κ2) is 4.57. The molecule has 1 aliphatic heterocycles. The quantitative estimate of drug-likeness (QED) is 0.706. The Morgan fingerprint density at radius 1 is 0.727 bits per heavy atom. The fourth-order valence-corrected chi connectivity index (χ4v) is 5.46. The fourth-order valence-electron chi connectivity index (χ4n) is 2.74. The van der Waals surface area contributed by atoms with Crippen molar-refractivity contribution in [3.05, 3.63) is 11.4 Å². The second-order valence-electron chi connectivity index (χ2n) is 7.78. The molecule has 2 aromatic rings. The van der Waals surface area contributed by atoms with E-state index in [-0.39, 0.29) is 0 Å². The van der Waals surface area contributed by atoms with Gasteiger partial charge in [-0.3, -0.25) is 0 Å². The van der Waals surface area contributed by atoms with Crippen LogP contribution in [-0.2, 0) is 0 Å². The molecule has 1 aliphatic rings. The summed E-state index contributed by atoms with van der Waals surface area (Å²) in [5, 5.41) is 39.7. The molecule has 10 heteroatoms. The van der Waals surface area contributed by atoms with Crippen LogP contribution >= 0.6 is 0 Å². The number of rotatable bonds is 2. The Labute approximate surface area is 130 Å². The van der Waals surface area contributed by atoms with Gasteiger partial charge in [-0.1, -0.05) is 49.7 Å². The van der Waals surface area contributed by atoms with E-state index in [1.807, 2.05) is 0 Å². The van der Waals surface area contributed by atoms with Crippen molar-refractivity contribution >= 4 is 26.8 Å². The molecule has 0 saturated carbocycles. The third-order valence-corrected chi connectivity index (χ3v) is 7.39. The predicted octanol–water partition coefficient (Wildman–Crippen LogP) is -0.648. The van der Waals surface area contributed by atoms with Gasteiger partial charge in [-0.15, -0.1) is 10.2 Å². The average Bonchev–Trinajstić information content (AvgIpc) is 2.98. The Morgan fingerprint density at radius 2 is 1.05 bits per heavy atom. The van der Waals surface area contributed by atoms with Crippen LogP contribution in [0.1, 0.15) is 23.8 Å². The summed E-state index contributed by atoms with van der Waals surface area (Å²) in [6.07, 6.45) is -2.01. The van der Waals surface area contributed by atoms with Gasteiger partial charge >= 0.3 is 0 Å². The molecule has 2 unspecified atom stereocenters. The minimum atomic E-state index is -1.80. The molecule has 0 radical (unpaired) electrons. The zero-order valence-electron chi connectivity index (χ0n) is 13.7. The van der Waals surface area contributed by atoms with E-state index >= 15 is 0 Å². The molecule has 0 spiro atoms. The van der Waals surface area contributed by atoms with Crippen LogP contribution in [0.15, 0.2) is 0 Å².